The second kappa shape index (κ2) is 7.87. The van der Waals surface area contributed by atoms with Crippen molar-refractivity contribution >= 4 is 20.5 Å². The van der Waals surface area contributed by atoms with Gasteiger partial charge < -0.3 is 13.3 Å². The van der Waals surface area contributed by atoms with E-state index in [1.54, 1.807) is 0 Å². The van der Waals surface area contributed by atoms with Crippen LogP contribution in [0.15, 0.2) is 24.3 Å². The highest BCUT2D eigenvalue weighted by Crippen LogP contribution is 2.35. The molecule has 0 atom stereocenters. The van der Waals surface area contributed by atoms with Crippen molar-refractivity contribution < 1.29 is 40.2 Å². The molecule has 1 aromatic rings. The topological polar surface area (TPSA) is 51.2 Å². The Morgan fingerprint density at radius 3 is 2.21 bits per heavy atom. The Labute approximate surface area is 135 Å². The van der Waals surface area contributed by atoms with Gasteiger partial charge in [-0.05, 0) is 19.1 Å². The van der Waals surface area contributed by atoms with Crippen LogP contribution in [0.2, 0.25) is 0 Å². The zero-order valence-electron chi connectivity index (χ0n) is 12.9. The number of hydrogen-bond donors (Lipinski definition) is 0. The molecule has 0 spiro atoms. The lowest BCUT2D eigenvalue weighted by Gasteiger charge is -2.35. The summed E-state index contributed by atoms with van der Waals surface area (Å²) >= 11 is 0. The normalized spacial score (nSPS) is 12.2. The molecule has 0 saturated heterocycles. The molecule has 0 fully saturated rings. The van der Waals surface area contributed by atoms with Gasteiger partial charge in [0.25, 0.3) is 0 Å². The summed E-state index contributed by atoms with van der Waals surface area (Å²) in [6.07, 6.45) is 0. The van der Waals surface area contributed by atoms with Crippen LogP contribution < -0.4 is 5.12 Å². The Morgan fingerprint density at radius 1 is 1.21 bits per heavy atom. The van der Waals surface area contributed by atoms with Gasteiger partial charge in [0.05, 0.1) is 0 Å². The second-order valence-corrected chi connectivity index (χ2v) is 7.05. The maximum atomic E-state index is 14.3. The van der Waals surface area contributed by atoms with Gasteiger partial charge in [-0.2, -0.15) is 8.78 Å². The zero-order chi connectivity index (χ0) is 18.5. The van der Waals surface area contributed by atoms with E-state index in [0.29, 0.717) is 0 Å². The summed E-state index contributed by atoms with van der Waals surface area (Å²) in [5.74, 6) is -1.25. The molecule has 136 valence electrons. The first-order chi connectivity index (χ1) is 11.2. The molecule has 1 aromatic carbocycles. The first kappa shape index (κ1) is 20.3. The minimum atomic E-state index is -5.05. The van der Waals surface area contributed by atoms with Crippen LogP contribution >= 0.6 is 0 Å². The zero-order valence-corrected chi connectivity index (χ0v) is 13.9. The molecule has 0 aliphatic carbocycles. The summed E-state index contributed by atoms with van der Waals surface area (Å²) in [6.45, 7) is 0.958. The van der Waals surface area contributed by atoms with Crippen LogP contribution in [0.1, 0.15) is 6.92 Å². The number of halogens is 5. The van der Waals surface area contributed by atoms with Crippen LogP contribution in [0, 0.1) is 5.82 Å². The Bertz CT molecular complexity index is 576. The SMILES string of the molecule is CCO[Si](OC)(OC)C(F)(F)N(F)C(=O)N(F)c1ccccc1F. The van der Waals surface area contributed by atoms with Gasteiger partial charge >= 0.3 is 20.5 Å². The molecule has 24 heavy (non-hydrogen) atoms. The molecule has 0 aliphatic rings. The highest BCUT2D eigenvalue weighted by molar-refractivity contribution is 6.63. The summed E-state index contributed by atoms with van der Waals surface area (Å²) in [5, 5.41) is -2.84. The number of carbonyl (C=O) groups excluding carboxylic acids is 1. The van der Waals surface area contributed by atoms with Crippen molar-refractivity contribution in [2.45, 2.75) is 12.6 Å². The van der Waals surface area contributed by atoms with Crippen LogP contribution in [-0.4, -0.2) is 46.5 Å². The third kappa shape index (κ3) is 3.50. The number of hydrogen-bond acceptors (Lipinski definition) is 4. The van der Waals surface area contributed by atoms with E-state index in [-0.39, 0.29) is 6.61 Å². The fourth-order valence-electron chi connectivity index (χ4n) is 1.76. The fraction of sp³-hybridized carbons (Fsp3) is 0.417. The van der Waals surface area contributed by atoms with E-state index in [1.165, 1.54) is 13.0 Å². The molecular formula is C12H15F5N2O4Si. The maximum Gasteiger partial charge on any atom is 0.602 e. The van der Waals surface area contributed by atoms with Gasteiger partial charge in [0.2, 0.25) is 0 Å². The van der Waals surface area contributed by atoms with Crippen LogP contribution in [0.25, 0.3) is 0 Å². The number of para-hydroxylation sites is 1. The van der Waals surface area contributed by atoms with Crippen LogP contribution in [0.5, 0.6) is 0 Å². The molecular weight excluding hydrogens is 359 g/mol. The molecule has 0 aliphatic heterocycles. The molecule has 2 amide bonds. The molecule has 0 unspecified atom stereocenters. The maximum absolute atomic E-state index is 14.3. The van der Waals surface area contributed by atoms with E-state index < -0.39 is 42.3 Å². The molecule has 6 nitrogen and oxygen atoms in total. The molecule has 0 heterocycles. The lowest BCUT2D eigenvalue weighted by atomic mass is 10.3. The van der Waals surface area contributed by atoms with Crippen LogP contribution in [0.3, 0.4) is 0 Å². The smallest absolute Gasteiger partial charge is 0.372 e. The number of alkyl halides is 2. The molecule has 12 heteroatoms. The number of urea groups is 1. The van der Waals surface area contributed by atoms with E-state index in [0.717, 1.165) is 32.4 Å². The Kier molecular flexibility index (Phi) is 6.65. The number of carbonyl (C=O) groups is 1. The Balaban J connectivity index is 3.15. The van der Waals surface area contributed by atoms with Crippen LogP contribution in [0.4, 0.5) is 32.6 Å². The van der Waals surface area contributed by atoms with E-state index in [2.05, 4.69) is 13.3 Å². The van der Waals surface area contributed by atoms with Gasteiger partial charge in [0, 0.05) is 20.8 Å². The van der Waals surface area contributed by atoms with Crippen molar-refractivity contribution in [1.82, 2.24) is 5.12 Å². The molecule has 0 bridgehead atoms. The summed E-state index contributed by atoms with van der Waals surface area (Å²) in [4.78, 5) is 11.6. The van der Waals surface area contributed by atoms with Crippen molar-refractivity contribution in [3.63, 3.8) is 0 Å². The summed E-state index contributed by atoms with van der Waals surface area (Å²) in [6, 6.07) is 1.35. The van der Waals surface area contributed by atoms with E-state index in [9.17, 15) is 26.9 Å². The average Bonchev–Trinajstić information content (AvgIpc) is 2.57. The lowest BCUT2D eigenvalue weighted by molar-refractivity contribution is -0.188. The number of nitrogens with zero attached hydrogens (tertiary/aromatic N) is 2. The standard InChI is InChI=1S/C12H15F5N2O4Si/c1-4-23-24(21-2,22-3)12(14,15)19(17)11(20)18(16)10-8-6-5-7-9(10)13/h5-8H,4H2,1-3H3. The number of amides is 2. The first-order valence-electron chi connectivity index (χ1n) is 6.51. The van der Waals surface area contributed by atoms with Crippen molar-refractivity contribution in [3.8, 4) is 0 Å². The summed E-state index contributed by atoms with van der Waals surface area (Å²) in [5.41, 5.74) is -5.81. The summed E-state index contributed by atoms with van der Waals surface area (Å²) in [7, 11) is -3.52. The third-order valence-corrected chi connectivity index (χ3v) is 5.56. The van der Waals surface area contributed by atoms with Gasteiger partial charge in [-0.1, -0.05) is 26.2 Å². The molecule has 0 aromatic heterocycles. The monoisotopic (exact) mass is 374 g/mol. The van der Waals surface area contributed by atoms with Crippen LogP contribution in [-0.2, 0) is 13.3 Å². The van der Waals surface area contributed by atoms with Crippen molar-refractivity contribution in [2.75, 3.05) is 25.9 Å². The quantitative estimate of drug-likeness (QED) is 0.318. The van der Waals surface area contributed by atoms with Gasteiger partial charge in [-0.15, -0.1) is 5.12 Å². The Morgan fingerprint density at radius 2 is 1.75 bits per heavy atom. The highest BCUT2D eigenvalue weighted by Gasteiger charge is 2.70. The lowest BCUT2D eigenvalue weighted by Crippen LogP contribution is -2.67. The largest absolute Gasteiger partial charge is 0.602 e. The predicted molar refractivity (Wildman–Crippen MR) is 74.7 cm³/mol. The van der Waals surface area contributed by atoms with E-state index >= 15 is 0 Å². The number of benzene rings is 1. The molecule has 0 saturated carbocycles. The van der Waals surface area contributed by atoms with Gasteiger partial charge in [-0.3, -0.25) is 0 Å². The second-order valence-electron chi connectivity index (χ2n) is 4.23. The third-order valence-electron chi connectivity index (χ3n) is 2.89. The van der Waals surface area contributed by atoms with E-state index in [4.69, 9.17) is 0 Å². The minimum Gasteiger partial charge on any atom is -0.372 e. The van der Waals surface area contributed by atoms with Gasteiger partial charge in [0.15, 0.2) is 0 Å². The van der Waals surface area contributed by atoms with E-state index in [1.807, 2.05) is 0 Å². The van der Waals surface area contributed by atoms with Gasteiger partial charge in [-0.25, -0.2) is 9.18 Å². The van der Waals surface area contributed by atoms with Crippen molar-refractivity contribution in [3.05, 3.63) is 30.1 Å². The fourth-order valence-corrected chi connectivity index (χ4v) is 3.54. The number of rotatable bonds is 7. The van der Waals surface area contributed by atoms with Crippen molar-refractivity contribution in [2.24, 2.45) is 0 Å². The molecule has 0 radical (unpaired) electrons. The number of anilines is 1. The average molecular weight is 374 g/mol. The van der Waals surface area contributed by atoms with Gasteiger partial charge in [0.1, 0.15) is 11.5 Å². The minimum absolute atomic E-state index is 0.349. The van der Waals surface area contributed by atoms with Crippen molar-refractivity contribution in [1.29, 1.82) is 0 Å². The Hall–Kier alpha value is -1.76. The first-order valence-corrected chi connectivity index (χ1v) is 8.23. The molecule has 0 N–H and O–H groups in total. The highest BCUT2D eigenvalue weighted by atomic mass is 28.4. The molecule has 1 rings (SSSR count). The predicted octanol–water partition coefficient (Wildman–Crippen LogP) is 3.22. The summed E-state index contributed by atoms with van der Waals surface area (Å²) < 4.78 is 83.4.